The van der Waals surface area contributed by atoms with E-state index < -0.39 is 0 Å². The number of rotatable bonds is 5. The van der Waals surface area contributed by atoms with E-state index in [0.717, 1.165) is 22.3 Å². The molecule has 126 valence electrons. The van der Waals surface area contributed by atoms with Crippen LogP contribution < -0.4 is 0 Å². The van der Waals surface area contributed by atoms with E-state index in [1.165, 1.54) is 0 Å². The summed E-state index contributed by atoms with van der Waals surface area (Å²) in [4.78, 5) is 12.2. The quantitative estimate of drug-likeness (QED) is 0.497. The fourth-order valence-corrected chi connectivity index (χ4v) is 3.26. The van der Waals surface area contributed by atoms with Crippen molar-refractivity contribution < 1.29 is 4.79 Å². The van der Waals surface area contributed by atoms with Gasteiger partial charge in [-0.15, -0.1) is 0 Å². The van der Waals surface area contributed by atoms with Crippen LogP contribution >= 0.6 is 23.2 Å². The first-order valence-electron chi connectivity index (χ1n) is 8.14. The van der Waals surface area contributed by atoms with Gasteiger partial charge in [-0.3, -0.25) is 4.79 Å². The molecular weight excluding hydrogens is 351 g/mol. The third-order valence-electron chi connectivity index (χ3n) is 4.33. The van der Waals surface area contributed by atoms with Crippen LogP contribution in [0.2, 0.25) is 10.0 Å². The summed E-state index contributed by atoms with van der Waals surface area (Å²) < 4.78 is 0. The molecule has 0 aliphatic carbocycles. The van der Waals surface area contributed by atoms with E-state index in [9.17, 15) is 4.79 Å². The molecule has 0 radical (unpaired) electrons. The highest BCUT2D eigenvalue weighted by molar-refractivity contribution is 6.42. The van der Waals surface area contributed by atoms with E-state index in [4.69, 9.17) is 23.2 Å². The first-order chi connectivity index (χ1) is 12.0. The van der Waals surface area contributed by atoms with Gasteiger partial charge in [-0.05, 0) is 47.7 Å². The third-order valence-corrected chi connectivity index (χ3v) is 5.07. The Balaban J connectivity index is 1.85. The third kappa shape index (κ3) is 4.31. The van der Waals surface area contributed by atoms with Crippen LogP contribution in [0.1, 0.15) is 24.0 Å². The van der Waals surface area contributed by atoms with Crippen LogP contribution in [-0.2, 0) is 11.2 Å². The molecule has 0 saturated carbocycles. The van der Waals surface area contributed by atoms with E-state index in [1.807, 2.05) is 42.5 Å². The minimum atomic E-state index is -0.193. The summed E-state index contributed by atoms with van der Waals surface area (Å²) in [7, 11) is 0. The molecule has 25 heavy (non-hydrogen) atoms. The van der Waals surface area contributed by atoms with Crippen LogP contribution in [0.25, 0.3) is 11.1 Å². The summed E-state index contributed by atoms with van der Waals surface area (Å²) in [6, 6.07) is 23.9. The molecule has 3 aromatic carbocycles. The van der Waals surface area contributed by atoms with E-state index >= 15 is 0 Å². The summed E-state index contributed by atoms with van der Waals surface area (Å²) in [5.74, 6) is -0.0550. The zero-order chi connectivity index (χ0) is 17.8. The molecule has 0 aliphatic rings. The zero-order valence-corrected chi connectivity index (χ0v) is 15.4. The zero-order valence-electron chi connectivity index (χ0n) is 13.9. The molecule has 0 heterocycles. The molecular formula is C22H18Cl2O. The SMILES string of the molecule is CC(=O)C(Cc1ccc(Cl)c(Cl)c1)c1ccc(-c2ccccc2)cc1. The molecule has 3 aromatic rings. The van der Waals surface area contributed by atoms with Crippen LogP contribution in [-0.4, -0.2) is 5.78 Å². The first-order valence-corrected chi connectivity index (χ1v) is 8.90. The molecule has 0 bridgehead atoms. The number of Topliss-reactive ketones (excluding diaryl/α,β-unsaturated/α-hetero) is 1. The second-order valence-electron chi connectivity index (χ2n) is 6.10. The predicted octanol–water partition coefficient (Wildman–Crippen LogP) is 6.58. The molecule has 3 rings (SSSR count). The molecule has 1 unspecified atom stereocenters. The van der Waals surface area contributed by atoms with Crippen LogP contribution in [0.3, 0.4) is 0 Å². The summed E-state index contributed by atoms with van der Waals surface area (Å²) in [5, 5.41) is 1.04. The number of hydrogen-bond acceptors (Lipinski definition) is 1. The highest BCUT2D eigenvalue weighted by atomic mass is 35.5. The average molecular weight is 369 g/mol. The second-order valence-corrected chi connectivity index (χ2v) is 6.92. The number of halogens is 2. The monoisotopic (exact) mass is 368 g/mol. The lowest BCUT2D eigenvalue weighted by Crippen LogP contribution is -2.12. The van der Waals surface area contributed by atoms with Crippen molar-refractivity contribution in [3.8, 4) is 11.1 Å². The van der Waals surface area contributed by atoms with E-state index in [-0.39, 0.29) is 11.7 Å². The summed E-state index contributed by atoms with van der Waals surface area (Å²) >= 11 is 12.1. The van der Waals surface area contributed by atoms with Crippen molar-refractivity contribution in [3.05, 3.63) is 94.0 Å². The first kappa shape index (κ1) is 17.7. The van der Waals surface area contributed by atoms with Crippen molar-refractivity contribution in [2.75, 3.05) is 0 Å². The Morgan fingerprint density at radius 1 is 0.840 bits per heavy atom. The molecule has 1 nitrogen and oxygen atoms in total. The smallest absolute Gasteiger partial charge is 0.137 e. The van der Waals surface area contributed by atoms with Gasteiger partial charge in [0.25, 0.3) is 0 Å². The summed E-state index contributed by atoms with van der Waals surface area (Å²) in [6.07, 6.45) is 0.608. The van der Waals surface area contributed by atoms with Crippen molar-refractivity contribution in [1.29, 1.82) is 0 Å². The maximum Gasteiger partial charge on any atom is 0.137 e. The minimum absolute atomic E-state index is 0.138. The fourth-order valence-electron chi connectivity index (χ4n) is 2.94. The Bertz CT molecular complexity index is 870. The Hall–Kier alpha value is -2.09. The van der Waals surface area contributed by atoms with Crippen molar-refractivity contribution in [1.82, 2.24) is 0 Å². The lowest BCUT2D eigenvalue weighted by atomic mass is 9.88. The van der Waals surface area contributed by atoms with E-state index in [0.29, 0.717) is 16.5 Å². The standard InChI is InChI=1S/C22H18Cl2O/c1-15(25)20(13-16-7-12-21(23)22(24)14-16)19-10-8-18(9-11-19)17-5-3-2-4-6-17/h2-12,14,20H,13H2,1H3. The van der Waals surface area contributed by atoms with Crippen LogP contribution in [0.15, 0.2) is 72.8 Å². The summed E-state index contributed by atoms with van der Waals surface area (Å²) in [6.45, 7) is 1.63. The number of ketones is 1. The van der Waals surface area contributed by atoms with Gasteiger partial charge < -0.3 is 0 Å². The van der Waals surface area contributed by atoms with Gasteiger partial charge in [-0.2, -0.15) is 0 Å². The molecule has 0 amide bonds. The van der Waals surface area contributed by atoms with Crippen LogP contribution in [0.4, 0.5) is 0 Å². The average Bonchev–Trinajstić information content (AvgIpc) is 2.63. The molecule has 0 aliphatic heterocycles. The van der Waals surface area contributed by atoms with Gasteiger partial charge in [0.1, 0.15) is 5.78 Å². The molecule has 0 fully saturated rings. The lowest BCUT2D eigenvalue weighted by molar-refractivity contribution is -0.118. The number of benzene rings is 3. The minimum Gasteiger partial charge on any atom is -0.299 e. The molecule has 0 saturated heterocycles. The Kier molecular flexibility index (Phi) is 5.57. The highest BCUT2D eigenvalue weighted by Crippen LogP contribution is 2.28. The molecule has 0 aromatic heterocycles. The van der Waals surface area contributed by atoms with Gasteiger partial charge in [-0.1, -0.05) is 83.9 Å². The Labute approximate surface area is 158 Å². The van der Waals surface area contributed by atoms with Gasteiger partial charge >= 0.3 is 0 Å². The van der Waals surface area contributed by atoms with Gasteiger partial charge in [0.15, 0.2) is 0 Å². The van der Waals surface area contributed by atoms with Crippen LogP contribution in [0.5, 0.6) is 0 Å². The maximum atomic E-state index is 12.2. The molecule has 0 N–H and O–H groups in total. The Morgan fingerprint density at radius 2 is 1.48 bits per heavy atom. The fraction of sp³-hybridized carbons (Fsp3) is 0.136. The largest absolute Gasteiger partial charge is 0.299 e. The van der Waals surface area contributed by atoms with Gasteiger partial charge in [0.2, 0.25) is 0 Å². The van der Waals surface area contributed by atoms with Gasteiger partial charge in [-0.25, -0.2) is 0 Å². The van der Waals surface area contributed by atoms with E-state index in [2.05, 4.69) is 24.3 Å². The molecule has 3 heteroatoms. The topological polar surface area (TPSA) is 17.1 Å². The lowest BCUT2D eigenvalue weighted by Gasteiger charge is -2.15. The van der Waals surface area contributed by atoms with Crippen molar-refractivity contribution in [2.45, 2.75) is 19.3 Å². The molecule has 0 spiro atoms. The second kappa shape index (κ2) is 7.86. The Morgan fingerprint density at radius 3 is 2.08 bits per heavy atom. The van der Waals surface area contributed by atoms with Crippen LogP contribution in [0, 0.1) is 0 Å². The maximum absolute atomic E-state index is 12.2. The highest BCUT2D eigenvalue weighted by Gasteiger charge is 2.18. The van der Waals surface area contributed by atoms with Gasteiger partial charge in [0, 0.05) is 5.92 Å². The number of carbonyl (C=O) groups excluding carboxylic acids is 1. The van der Waals surface area contributed by atoms with Gasteiger partial charge in [0.05, 0.1) is 10.0 Å². The number of carbonyl (C=O) groups is 1. The van der Waals surface area contributed by atoms with Crippen molar-refractivity contribution in [2.24, 2.45) is 0 Å². The van der Waals surface area contributed by atoms with Crippen molar-refractivity contribution in [3.63, 3.8) is 0 Å². The normalized spacial score (nSPS) is 12.0. The predicted molar refractivity (Wildman–Crippen MR) is 105 cm³/mol. The van der Waals surface area contributed by atoms with Crippen molar-refractivity contribution >= 4 is 29.0 Å². The van der Waals surface area contributed by atoms with E-state index in [1.54, 1.807) is 13.0 Å². The molecule has 1 atom stereocenters. The summed E-state index contributed by atoms with van der Waals surface area (Å²) in [5.41, 5.74) is 4.32. The number of hydrogen-bond donors (Lipinski definition) is 0.